The lowest BCUT2D eigenvalue weighted by atomic mass is 9.57. The van der Waals surface area contributed by atoms with Gasteiger partial charge in [-0.3, -0.25) is 14.5 Å². The molecule has 1 radical (unpaired) electrons. The molecule has 2 fully saturated rings. The number of benzene rings is 1. The lowest BCUT2D eigenvalue weighted by Crippen LogP contribution is -2.57. The lowest BCUT2D eigenvalue weighted by molar-refractivity contribution is -0.148. The summed E-state index contributed by atoms with van der Waals surface area (Å²) in [6.45, 7) is 11.9. The van der Waals surface area contributed by atoms with Crippen molar-refractivity contribution in [1.29, 1.82) is 0 Å². The summed E-state index contributed by atoms with van der Waals surface area (Å²) in [6.07, 6.45) is 4.95. The van der Waals surface area contributed by atoms with E-state index < -0.39 is 17.8 Å². The number of carbonyl (C=O) groups is 2. The van der Waals surface area contributed by atoms with Crippen molar-refractivity contribution < 1.29 is 28.9 Å². The minimum Gasteiger partial charge on any atom is -0.485 e. The SMILES string of the molecule is CC(=O)O[C@@H]1[CH][C@@]2(O)[C@H](C)CC[C@@H](C(C)CN3CCN(C(=O)C4COc5ccccc5O4)CC3)[C@H]2C=C1C. The number of rotatable bonds is 5. The molecule has 8 heteroatoms. The highest BCUT2D eigenvalue weighted by molar-refractivity contribution is 5.82. The summed E-state index contributed by atoms with van der Waals surface area (Å²) in [7, 11) is 0. The molecule has 0 bridgehead atoms. The molecule has 7 atom stereocenters. The van der Waals surface area contributed by atoms with E-state index in [1.165, 1.54) is 6.92 Å². The van der Waals surface area contributed by atoms with Crippen molar-refractivity contribution in [3.63, 3.8) is 0 Å². The molecule has 2 heterocycles. The van der Waals surface area contributed by atoms with Gasteiger partial charge in [0, 0.05) is 52.0 Å². The second-order valence-corrected chi connectivity index (χ2v) is 11.6. The van der Waals surface area contributed by atoms with Gasteiger partial charge in [0.15, 0.2) is 11.5 Å². The topological polar surface area (TPSA) is 88.5 Å². The van der Waals surface area contributed by atoms with Crippen LogP contribution in [0.2, 0.25) is 0 Å². The highest BCUT2D eigenvalue weighted by Gasteiger charge is 2.53. The maximum atomic E-state index is 13.1. The maximum absolute atomic E-state index is 13.1. The van der Waals surface area contributed by atoms with Gasteiger partial charge in [0.1, 0.15) is 12.7 Å². The fraction of sp³-hybridized carbons (Fsp3) is 0.633. The minimum atomic E-state index is -0.984. The fourth-order valence-corrected chi connectivity index (χ4v) is 6.79. The van der Waals surface area contributed by atoms with E-state index in [1.807, 2.05) is 42.5 Å². The van der Waals surface area contributed by atoms with Crippen LogP contribution in [-0.4, -0.2) is 83.9 Å². The molecule has 0 aromatic heterocycles. The zero-order valence-electron chi connectivity index (χ0n) is 23.0. The standard InChI is InChI=1S/C30H41N2O6/c1-19-15-24-23(10-9-21(3)30(24,35)16-27(19)37-22(4)33)20(2)17-31-11-13-32(14-12-31)29(34)28-18-36-25-7-5-6-8-26(25)38-28/h5-8,15-16,20-21,23-24,27-28,35H,9-14,17-18H2,1-4H3/t20?,21-,23+,24-,27-,28?,30-/m1/s1. The van der Waals surface area contributed by atoms with E-state index in [2.05, 4.69) is 24.8 Å². The normalized spacial score (nSPS) is 34.1. The van der Waals surface area contributed by atoms with Gasteiger partial charge in [-0.2, -0.15) is 0 Å². The third-order valence-electron chi connectivity index (χ3n) is 9.07. The Kier molecular flexibility index (Phi) is 7.74. The van der Waals surface area contributed by atoms with Crippen LogP contribution in [0, 0.1) is 30.1 Å². The number of hydrogen-bond acceptors (Lipinski definition) is 7. The number of esters is 1. The molecule has 0 spiro atoms. The number of fused-ring (bicyclic) bond motifs is 2. The summed E-state index contributed by atoms with van der Waals surface area (Å²) < 4.78 is 17.2. The van der Waals surface area contributed by atoms with Gasteiger partial charge < -0.3 is 24.2 Å². The maximum Gasteiger partial charge on any atom is 0.303 e. The first-order valence-corrected chi connectivity index (χ1v) is 14.0. The zero-order chi connectivity index (χ0) is 27.0. The Balaban J connectivity index is 1.17. The van der Waals surface area contributed by atoms with E-state index in [9.17, 15) is 14.7 Å². The summed E-state index contributed by atoms with van der Waals surface area (Å²) in [5.74, 6) is 1.76. The molecule has 1 aromatic rings. The van der Waals surface area contributed by atoms with Crippen molar-refractivity contribution >= 4 is 11.9 Å². The number of para-hydroxylation sites is 2. The van der Waals surface area contributed by atoms with Crippen LogP contribution in [0.15, 0.2) is 35.9 Å². The molecule has 2 aliphatic carbocycles. The van der Waals surface area contributed by atoms with Crippen molar-refractivity contribution in [3.05, 3.63) is 42.3 Å². The monoisotopic (exact) mass is 525 g/mol. The molecule has 38 heavy (non-hydrogen) atoms. The summed E-state index contributed by atoms with van der Waals surface area (Å²) in [5.41, 5.74) is 0.00706. The van der Waals surface area contributed by atoms with Crippen molar-refractivity contribution in [1.82, 2.24) is 9.80 Å². The first-order valence-electron chi connectivity index (χ1n) is 14.0. The number of piperazine rings is 1. The summed E-state index contributed by atoms with van der Waals surface area (Å²) >= 11 is 0. The molecule has 2 aliphatic heterocycles. The molecule has 5 rings (SSSR count). The number of ether oxygens (including phenoxy) is 3. The van der Waals surface area contributed by atoms with Crippen LogP contribution in [0.25, 0.3) is 0 Å². The number of hydrogen-bond donors (Lipinski definition) is 1. The Bertz CT molecular complexity index is 1070. The number of aliphatic hydroxyl groups is 1. The Morgan fingerprint density at radius 3 is 2.58 bits per heavy atom. The van der Waals surface area contributed by atoms with Gasteiger partial charge in [-0.15, -0.1) is 0 Å². The van der Waals surface area contributed by atoms with Gasteiger partial charge in [0.2, 0.25) is 6.10 Å². The first kappa shape index (κ1) is 27.0. The smallest absolute Gasteiger partial charge is 0.303 e. The van der Waals surface area contributed by atoms with Crippen LogP contribution in [-0.2, 0) is 14.3 Å². The summed E-state index contributed by atoms with van der Waals surface area (Å²) in [4.78, 5) is 29.1. The van der Waals surface area contributed by atoms with E-state index in [-0.39, 0.29) is 30.3 Å². The number of carbonyl (C=O) groups excluding carboxylic acids is 2. The van der Waals surface area contributed by atoms with Crippen LogP contribution in [0.5, 0.6) is 11.5 Å². The molecule has 1 aromatic carbocycles. The molecule has 1 saturated heterocycles. The number of nitrogens with zero attached hydrogens (tertiary/aromatic N) is 2. The van der Waals surface area contributed by atoms with Gasteiger partial charge in [0.25, 0.3) is 5.91 Å². The average molecular weight is 526 g/mol. The fourth-order valence-electron chi connectivity index (χ4n) is 6.79. The lowest BCUT2D eigenvalue weighted by Gasteiger charge is -2.53. The van der Waals surface area contributed by atoms with Crippen LogP contribution in [0.1, 0.15) is 40.5 Å². The summed E-state index contributed by atoms with van der Waals surface area (Å²) in [5, 5.41) is 11.8. The van der Waals surface area contributed by atoms with Gasteiger partial charge in [-0.25, -0.2) is 0 Å². The Labute approximate surface area is 225 Å². The predicted molar refractivity (Wildman–Crippen MR) is 142 cm³/mol. The number of amides is 1. The van der Waals surface area contributed by atoms with Gasteiger partial charge in [0.05, 0.1) is 5.60 Å². The van der Waals surface area contributed by atoms with E-state index in [1.54, 1.807) is 0 Å². The highest BCUT2D eigenvalue weighted by atomic mass is 16.6. The van der Waals surface area contributed by atoms with Crippen molar-refractivity contribution in [2.24, 2.45) is 23.7 Å². The Hall–Kier alpha value is -2.58. The van der Waals surface area contributed by atoms with E-state index in [4.69, 9.17) is 14.2 Å². The quantitative estimate of drug-likeness (QED) is 0.467. The van der Waals surface area contributed by atoms with E-state index in [0.29, 0.717) is 36.4 Å². The first-order chi connectivity index (χ1) is 18.2. The van der Waals surface area contributed by atoms with E-state index >= 15 is 0 Å². The Morgan fingerprint density at radius 2 is 1.87 bits per heavy atom. The second kappa shape index (κ2) is 10.9. The van der Waals surface area contributed by atoms with Crippen LogP contribution in [0.3, 0.4) is 0 Å². The Morgan fingerprint density at radius 1 is 1.16 bits per heavy atom. The van der Waals surface area contributed by atoms with Gasteiger partial charge in [-0.05, 0) is 55.2 Å². The third kappa shape index (κ3) is 5.30. The molecular weight excluding hydrogens is 484 g/mol. The molecule has 1 saturated carbocycles. The molecule has 4 aliphatic rings. The highest BCUT2D eigenvalue weighted by Crippen LogP contribution is 2.51. The molecule has 8 nitrogen and oxygen atoms in total. The average Bonchev–Trinajstić information content (AvgIpc) is 2.90. The second-order valence-electron chi connectivity index (χ2n) is 11.6. The predicted octanol–water partition coefficient (Wildman–Crippen LogP) is 3.10. The van der Waals surface area contributed by atoms with Gasteiger partial charge in [-0.1, -0.05) is 32.1 Å². The van der Waals surface area contributed by atoms with Crippen LogP contribution in [0.4, 0.5) is 0 Å². The van der Waals surface area contributed by atoms with Crippen molar-refractivity contribution in [2.45, 2.75) is 58.3 Å². The zero-order valence-corrected chi connectivity index (χ0v) is 23.0. The van der Waals surface area contributed by atoms with Crippen molar-refractivity contribution in [2.75, 3.05) is 39.3 Å². The molecule has 207 valence electrons. The third-order valence-corrected chi connectivity index (χ3v) is 9.07. The minimum absolute atomic E-state index is 0.00209. The van der Waals surface area contributed by atoms with Gasteiger partial charge >= 0.3 is 5.97 Å². The molecule has 1 N–H and O–H groups in total. The van der Waals surface area contributed by atoms with Crippen molar-refractivity contribution in [3.8, 4) is 11.5 Å². The summed E-state index contributed by atoms with van der Waals surface area (Å²) in [6, 6.07) is 7.45. The molecule has 2 unspecified atom stereocenters. The molecule has 1 amide bonds. The van der Waals surface area contributed by atoms with Crippen LogP contribution >= 0.6 is 0 Å². The van der Waals surface area contributed by atoms with E-state index in [0.717, 1.165) is 38.0 Å². The largest absolute Gasteiger partial charge is 0.485 e. The van der Waals surface area contributed by atoms with Crippen LogP contribution < -0.4 is 9.47 Å². The molecular formula is C30H41N2O6.